The van der Waals surface area contributed by atoms with Gasteiger partial charge in [0.15, 0.2) is 17.3 Å². The molecule has 1 aliphatic carbocycles. The molecule has 0 atom stereocenters. The van der Waals surface area contributed by atoms with Crippen molar-refractivity contribution in [2.75, 3.05) is 14.2 Å². The number of ether oxygens (including phenoxy) is 3. The molecule has 0 bridgehead atoms. The predicted molar refractivity (Wildman–Crippen MR) is 135 cm³/mol. The Kier molecular flexibility index (Phi) is 7.30. The van der Waals surface area contributed by atoms with Crippen LogP contribution in [0.15, 0.2) is 30.9 Å². The van der Waals surface area contributed by atoms with Gasteiger partial charge in [0.05, 0.1) is 31.7 Å². The average Bonchev–Trinajstić information content (AvgIpc) is 3.71. The minimum absolute atomic E-state index is 0.00920. The molecule has 0 N–H and O–H groups in total. The molecule has 1 saturated carbocycles. The lowest BCUT2D eigenvalue weighted by Gasteiger charge is -2.15. The van der Waals surface area contributed by atoms with Crippen LogP contribution in [0.2, 0.25) is 0 Å². The number of benzene rings is 1. The number of aryl methyl sites for hydroxylation is 2. The third kappa shape index (κ3) is 5.27. The summed E-state index contributed by atoms with van der Waals surface area (Å²) in [4.78, 5) is 21.2. The van der Waals surface area contributed by atoms with E-state index in [0.717, 1.165) is 24.7 Å². The molecule has 3 aromatic heterocycles. The molecule has 1 aliphatic rings. The Bertz CT molecular complexity index is 1550. The Hall–Kier alpha value is -4.29. The van der Waals surface area contributed by atoms with Crippen LogP contribution in [0.5, 0.6) is 17.5 Å². The third-order valence-corrected chi connectivity index (χ3v) is 6.54. The van der Waals surface area contributed by atoms with Gasteiger partial charge in [-0.15, -0.1) is 0 Å². The zero-order valence-electron chi connectivity index (χ0n) is 22.2. The van der Waals surface area contributed by atoms with Crippen LogP contribution in [0.4, 0.5) is 17.6 Å². The number of aromatic nitrogens is 6. The monoisotopic (exact) mass is 558 g/mol. The quantitative estimate of drug-likeness (QED) is 0.248. The van der Waals surface area contributed by atoms with E-state index in [1.54, 1.807) is 13.0 Å². The maximum absolute atomic E-state index is 15.4. The first-order valence-electron chi connectivity index (χ1n) is 12.5. The molecule has 1 aromatic carbocycles. The van der Waals surface area contributed by atoms with Gasteiger partial charge in [-0.05, 0) is 36.5 Å². The van der Waals surface area contributed by atoms with Gasteiger partial charge in [-0.2, -0.15) is 18.2 Å². The molecule has 0 amide bonds. The topological polar surface area (TPSA) is 97.1 Å². The zero-order valence-corrected chi connectivity index (χ0v) is 22.2. The van der Waals surface area contributed by atoms with Crippen molar-refractivity contribution in [3.63, 3.8) is 0 Å². The second-order valence-electron chi connectivity index (χ2n) is 9.30. The van der Waals surface area contributed by atoms with E-state index in [1.165, 1.54) is 44.4 Å². The normalized spacial score (nSPS) is 13.4. The summed E-state index contributed by atoms with van der Waals surface area (Å²) in [6, 6.07) is 2.89. The summed E-state index contributed by atoms with van der Waals surface area (Å²) < 4.78 is 72.9. The summed E-state index contributed by atoms with van der Waals surface area (Å²) in [6.07, 6.45) is 1.43. The lowest BCUT2D eigenvalue weighted by Crippen LogP contribution is -2.07. The van der Waals surface area contributed by atoms with E-state index < -0.39 is 17.7 Å². The van der Waals surface area contributed by atoms with Gasteiger partial charge in [0.2, 0.25) is 5.88 Å². The number of halogens is 4. The van der Waals surface area contributed by atoms with Crippen molar-refractivity contribution in [2.24, 2.45) is 7.05 Å². The maximum atomic E-state index is 15.4. The minimum atomic E-state index is -4.64. The fourth-order valence-corrected chi connectivity index (χ4v) is 4.46. The summed E-state index contributed by atoms with van der Waals surface area (Å²) in [6.45, 7) is 1.69. The molecular weight excluding hydrogens is 532 g/mol. The van der Waals surface area contributed by atoms with Crippen LogP contribution in [-0.4, -0.2) is 43.7 Å². The highest BCUT2D eigenvalue weighted by atomic mass is 19.4. The molecule has 210 valence electrons. The number of imidazole rings is 1. The standard InChI is InChI=1S/C27H26F4N6O3/c1-5-15-8-14(9-17(28)20(15)24-35-19(11-37(24)2)27(29,30)31)12-40-25-18(38-3)10-32-23(36-25)21-22(16-6-7-16)33-13-34-26(21)39-4/h8-11,13,16H,5-7,12H2,1-4H3. The molecule has 5 rings (SSSR count). The van der Waals surface area contributed by atoms with Gasteiger partial charge in [-0.1, -0.05) is 13.0 Å². The second kappa shape index (κ2) is 10.7. The molecule has 3 heterocycles. The minimum Gasteiger partial charge on any atom is -0.490 e. The highest BCUT2D eigenvalue weighted by molar-refractivity contribution is 5.67. The first kappa shape index (κ1) is 27.3. The van der Waals surface area contributed by atoms with Gasteiger partial charge in [-0.25, -0.2) is 24.3 Å². The summed E-state index contributed by atoms with van der Waals surface area (Å²) in [7, 11) is 4.34. The summed E-state index contributed by atoms with van der Waals surface area (Å²) in [5.74, 6) is 0.441. The molecule has 0 unspecified atom stereocenters. The van der Waals surface area contributed by atoms with Crippen LogP contribution in [-0.2, 0) is 26.3 Å². The highest BCUT2D eigenvalue weighted by Crippen LogP contribution is 2.45. The Labute approximate surface area is 227 Å². The first-order chi connectivity index (χ1) is 19.1. The van der Waals surface area contributed by atoms with Crippen LogP contribution in [0.1, 0.15) is 48.2 Å². The van der Waals surface area contributed by atoms with Gasteiger partial charge in [0.1, 0.15) is 30.1 Å². The molecule has 1 fully saturated rings. The Morgan fingerprint density at radius 3 is 2.40 bits per heavy atom. The van der Waals surface area contributed by atoms with E-state index >= 15 is 4.39 Å². The van der Waals surface area contributed by atoms with Crippen molar-refractivity contribution in [3.05, 3.63) is 59.2 Å². The van der Waals surface area contributed by atoms with E-state index in [1.807, 2.05) is 0 Å². The Morgan fingerprint density at radius 1 is 1.00 bits per heavy atom. The third-order valence-electron chi connectivity index (χ3n) is 6.54. The van der Waals surface area contributed by atoms with E-state index in [4.69, 9.17) is 14.2 Å². The van der Waals surface area contributed by atoms with Crippen molar-refractivity contribution in [2.45, 2.75) is 44.9 Å². The van der Waals surface area contributed by atoms with Crippen molar-refractivity contribution in [1.82, 2.24) is 29.5 Å². The molecule has 0 saturated heterocycles. The van der Waals surface area contributed by atoms with Crippen LogP contribution < -0.4 is 14.2 Å². The molecule has 9 nitrogen and oxygen atoms in total. The van der Waals surface area contributed by atoms with Gasteiger partial charge in [0.25, 0.3) is 5.88 Å². The number of hydrogen-bond acceptors (Lipinski definition) is 8. The van der Waals surface area contributed by atoms with Crippen LogP contribution in [0.25, 0.3) is 22.8 Å². The maximum Gasteiger partial charge on any atom is 0.434 e. The Balaban J connectivity index is 1.46. The van der Waals surface area contributed by atoms with Gasteiger partial charge < -0.3 is 18.8 Å². The molecule has 13 heteroatoms. The van der Waals surface area contributed by atoms with Gasteiger partial charge in [-0.3, -0.25) is 0 Å². The fourth-order valence-electron chi connectivity index (χ4n) is 4.46. The van der Waals surface area contributed by atoms with E-state index in [0.29, 0.717) is 34.8 Å². The van der Waals surface area contributed by atoms with Crippen LogP contribution in [0, 0.1) is 5.82 Å². The van der Waals surface area contributed by atoms with E-state index in [9.17, 15) is 13.2 Å². The SMILES string of the molecule is CCc1cc(COc2nc(-c3c(OC)ncnc3C3CC3)ncc2OC)cc(F)c1-c1nc(C(F)(F)F)cn1C. The molecule has 4 aromatic rings. The summed E-state index contributed by atoms with van der Waals surface area (Å²) >= 11 is 0. The van der Waals surface area contributed by atoms with Crippen LogP contribution in [0.3, 0.4) is 0 Å². The number of nitrogens with zero attached hydrogens (tertiary/aromatic N) is 6. The van der Waals surface area contributed by atoms with Gasteiger partial charge in [0, 0.05) is 19.2 Å². The molecule has 0 spiro atoms. The second-order valence-corrected chi connectivity index (χ2v) is 9.30. The predicted octanol–water partition coefficient (Wildman–Crippen LogP) is 5.53. The van der Waals surface area contributed by atoms with E-state index in [2.05, 4.69) is 24.9 Å². The number of methoxy groups -OCH3 is 2. The molecule has 0 radical (unpaired) electrons. The largest absolute Gasteiger partial charge is 0.490 e. The summed E-state index contributed by atoms with van der Waals surface area (Å²) in [5.41, 5.74) is 1.21. The lowest BCUT2D eigenvalue weighted by molar-refractivity contribution is -0.140. The van der Waals surface area contributed by atoms with Crippen molar-refractivity contribution in [3.8, 4) is 40.3 Å². The lowest BCUT2D eigenvalue weighted by atomic mass is 10.0. The fraction of sp³-hybridized carbons (Fsp3) is 0.370. The van der Waals surface area contributed by atoms with Crippen LogP contribution >= 0.6 is 0 Å². The molecular formula is C27H26F4N6O3. The van der Waals surface area contributed by atoms with Gasteiger partial charge >= 0.3 is 6.18 Å². The average molecular weight is 559 g/mol. The molecule has 40 heavy (non-hydrogen) atoms. The highest BCUT2D eigenvalue weighted by Gasteiger charge is 2.35. The molecule has 0 aliphatic heterocycles. The van der Waals surface area contributed by atoms with Crippen molar-refractivity contribution < 1.29 is 31.8 Å². The number of alkyl halides is 3. The number of rotatable bonds is 9. The Morgan fingerprint density at radius 2 is 1.77 bits per heavy atom. The summed E-state index contributed by atoms with van der Waals surface area (Å²) in [5, 5.41) is 0. The number of hydrogen-bond donors (Lipinski definition) is 0. The van der Waals surface area contributed by atoms with Crippen molar-refractivity contribution in [1.29, 1.82) is 0 Å². The zero-order chi connectivity index (χ0) is 28.6. The smallest absolute Gasteiger partial charge is 0.434 e. The van der Waals surface area contributed by atoms with Crippen molar-refractivity contribution >= 4 is 0 Å². The first-order valence-corrected chi connectivity index (χ1v) is 12.5. The van der Waals surface area contributed by atoms with E-state index in [-0.39, 0.29) is 35.5 Å².